The maximum absolute atomic E-state index is 12.9. The number of nitrogens with zero attached hydrogens (tertiary/aromatic N) is 2. The van der Waals surface area contributed by atoms with Gasteiger partial charge in [-0.05, 0) is 55.7 Å². The third kappa shape index (κ3) is 3.36. The molecular weight excluding hydrogens is 374 g/mol. The molecule has 8 nitrogen and oxygen atoms in total. The second kappa shape index (κ2) is 7.50. The Bertz CT molecular complexity index is 1040. The van der Waals surface area contributed by atoms with E-state index in [4.69, 9.17) is 4.74 Å². The first kappa shape index (κ1) is 19.4. The molecule has 1 aromatic carbocycles. The summed E-state index contributed by atoms with van der Waals surface area (Å²) in [7, 11) is 3.13. The lowest BCUT2D eigenvalue weighted by Crippen LogP contribution is -2.44. The van der Waals surface area contributed by atoms with Crippen LogP contribution in [0.5, 0.6) is 0 Å². The van der Waals surface area contributed by atoms with Gasteiger partial charge in [0, 0.05) is 13.5 Å². The number of ether oxygens (including phenoxy) is 1. The first-order valence-corrected chi connectivity index (χ1v) is 10.0. The van der Waals surface area contributed by atoms with Crippen molar-refractivity contribution in [2.24, 2.45) is 13.0 Å². The van der Waals surface area contributed by atoms with Crippen molar-refractivity contribution in [3.05, 3.63) is 34.2 Å². The zero-order chi connectivity index (χ0) is 20.7. The number of hydrogen-bond acceptors (Lipinski definition) is 5. The van der Waals surface area contributed by atoms with Gasteiger partial charge in [0.25, 0.3) is 0 Å². The smallest absolute Gasteiger partial charge is 0.329 e. The summed E-state index contributed by atoms with van der Waals surface area (Å²) in [5, 5.41) is 2.33. The molecule has 1 aliphatic heterocycles. The fourth-order valence-corrected chi connectivity index (χ4v) is 4.69. The average Bonchev–Trinajstić information content (AvgIpc) is 2.98. The first-order chi connectivity index (χ1) is 13.9. The van der Waals surface area contributed by atoms with E-state index >= 15 is 0 Å². The number of aryl methyl sites for hydroxylation is 1. The van der Waals surface area contributed by atoms with E-state index in [0.717, 1.165) is 36.8 Å². The molecule has 2 aliphatic rings. The molecule has 2 fully saturated rings. The van der Waals surface area contributed by atoms with Gasteiger partial charge < -0.3 is 4.74 Å². The summed E-state index contributed by atoms with van der Waals surface area (Å²) >= 11 is 0. The summed E-state index contributed by atoms with van der Waals surface area (Å²) in [5.74, 6) is -0.569. The van der Waals surface area contributed by atoms with Crippen molar-refractivity contribution in [3.63, 3.8) is 0 Å². The molecule has 2 amide bonds. The maximum Gasteiger partial charge on any atom is 0.329 e. The Kier molecular flexibility index (Phi) is 5.02. The van der Waals surface area contributed by atoms with Crippen LogP contribution in [0.3, 0.4) is 0 Å². The number of piperidine rings is 1. The van der Waals surface area contributed by atoms with Gasteiger partial charge in [0.2, 0.25) is 11.8 Å². The molecule has 0 bridgehead atoms. The summed E-state index contributed by atoms with van der Waals surface area (Å²) < 4.78 is 7.91. The Hall–Kier alpha value is -2.90. The summed E-state index contributed by atoms with van der Waals surface area (Å²) in [6.07, 6.45) is 3.93. The van der Waals surface area contributed by atoms with E-state index in [-0.39, 0.29) is 29.9 Å². The van der Waals surface area contributed by atoms with Crippen LogP contribution < -0.4 is 11.0 Å². The molecule has 1 aliphatic carbocycles. The van der Waals surface area contributed by atoms with Crippen LogP contribution in [0.1, 0.15) is 56.0 Å². The number of amides is 2. The van der Waals surface area contributed by atoms with Crippen LogP contribution in [0, 0.1) is 5.92 Å². The van der Waals surface area contributed by atoms with Gasteiger partial charge >= 0.3 is 11.7 Å². The number of hydrogen-bond donors (Lipinski definition) is 1. The van der Waals surface area contributed by atoms with E-state index in [0.29, 0.717) is 17.9 Å². The van der Waals surface area contributed by atoms with Crippen molar-refractivity contribution >= 4 is 28.8 Å². The van der Waals surface area contributed by atoms with Crippen molar-refractivity contribution in [2.75, 3.05) is 7.11 Å². The molecular formula is C21H25N3O5. The Morgan fingerprint density at radius 2 is 1.79 bits per heavy atom. The molecule has 1 aromatic heterocycles. The zero-order valence-corrected chi connectivity index (χ0v) is 16.6. The van der Waals surface area contributed by atoms with E-state index in [1.165, 1.54) is 11.7 Å². The number of carbonyl (C=O) groups excluding carboxylic acids is 3. The number of aromatic nitrogens is 2. The van der Waals surface area contributed by atoms with E-state index in [9.17, 15) is 19.2 Å². The third-order valence-corrected chi connectivity index (χ3v) is 6.37. The highest BCUT2D eigenvalue weighted by Gasteiger charge is 2.32. The highest BCUT2D eigenvalue weighted by molar-refractivity contribution is 6.00. The lowest BCUT2D eigenvalue weighted by atomic mass is 9.78. The van der Waals surface area contributed by atoms with E-state index in [2.05, 4.69) is 5.32 Å². The number of rotatable bonds is 3. The molecule has 4 rings (SSSR count). The van der Waals surface area contributed by atoms with Crippen LogP contribution in [-0.2, 0) is 26.2 Å². The van der Waals surface area contributed by atoms with Crippen LogP contribution in [0.4, 0.5) is 0 Å². The van der Waals surface area contributed by atoms with E-state index in [1.54, 1.807) is 11.6 Å². The normalized spacial score (nSPS) is 25.1. The molecule has 8 heteroatoms. The molecule has 0 radical (unpaired) electrons. The summed E-state index contributed by atoms with van der Waals surface area (Å²) in [5.41, 5.74) is 2.34. The molecule has 2 heterocycles. The molecule has 1 saturated heterocycles. The van der Waals surface area contributed by atoms with Crippen molar-refractivity contribution in [2.45, 2.75) is 50.5 Å². The largest absolute Gasteiger partial charge is 0.469 e. The average molecular weight is 399 g/mol. The number of carbonyl (C=O) groups is 3. The topological polar surface area (TPSA) is 99.4 Å². The van der Waals surface area contributed by atoms with Gasteiger partial charge in [-0.15, -0.1) is 0 Å². The molecule has 2 aromatic rings. The van der Waals surface area contributed by atoms with Gasteiger partial charge in [-0.3, -0.25) is 28.8 Å². The molecule has 1 atom stereocenters. The molecule has 154 valence electrons. The fourth-order valence-electron chi connectivity index (χ4n) is 4.69. The van der Waals surface area contributed by atoms with Crippen molar-refractivity contribution in [3.8, 4) is 0 Å². The zero-order valence-electron chi connectivity index (χ0n) is 16.6. The fraction of sp³-hybridized carbons (Fsp3) is 0.524. The number of esters is 1. The van der Waals surface area contributed by atoms with E-state index < -0.39 is 11.9 Å². The number of imidazole rings is 1. The van der Waals surface area contributed by atoms with Crippen molar-refractivity contribution in [1.29, 1.82) is 0 Å². The monoisotopic (exact) mass is 399 g/mol. The van der Waals surface area contributed by atoms with Crippen molar-refractivity contribution in [1.82, 2.24) is 14.5 Å². The first-order valence-electron chi connectivity index (χ1n) is 10.0. The Balaban J connectivity index is 1.64. The predicted molar refractivity (Wildman–Crippen MR) is 105 cm³/mol. The van der Waals surface area contributed by atoms with Crippen LogP contribution in [0.2, 0.25) is 0 Å². The van der Waals surface area contributed by atoms with Gasteiger partial charge in [-0.25, -0.2) is 4.79 Å². The Morgan fingerprint density at radius 1 is 1.07 bits per heavy atom. The van der Waals surface area contributed by atoms with Gasteiger partial charge in [-0.2, -0.15) is 0 Å². The second-order valence-electron chi connectivity index (χ2n) is 8.00. The second-order valence-corrected chi connectivity index (χ2v) is 8.00. The summed E-state index contributed by atoms with van der Waals surface area (Å²) in [6, 6.07) is 5.24. The highest BCUT2D eigenvalue weighted by Crippen LogP contribution is 2.37. The van der Waals surface area contributed by atoms with Crippen LogP contribution in [0.25, 0.3) is 11.0 Å². The molecule has 1 N–H and O–H groups in total. The quantitative estimate of drug-likeness (QED) is 0.626. The molecule has 1 saturated carbocycles. The minimum atomic E-state index is -0.676. The van der Waals surface area contributed by atoms with Gasteiger partial charge in [-0.1, -0.05) is 6.07 Å². The number of methoxy groups -OCH3 is 1. The summed E-state index contributed by atoms with van der Waals surface area (Å²) in [4.78, 5) is 48.4. The van der Waals surface area contributed by atoms with Gasteiger partial charge in [0.1, 0.15) is 6.04 Å². The number of imide groups is 1. The van der Waals surface area contributed by atoms with Gasteiger partial charge in [0.15, 0.2) is 0 Å². The Labute approximate surface area is 167 Å². The minimum absolute atomic E-state index is 0.0297. The van der Waals surface area contributed by atoms with Gasteiger partial charge in [0.05, 0.1) is 24.1 Å². The number of benzene rings is 1. The molecule has 0 spiro atoms. The Morgan fingerprint density at radius 3 is 2.45 bits per heavy atom. The SMILES string of the molecule is COC(=O)C1CCC(c2ccc3c(c2)n(C)c(=O)n3C2CCC(=O)NC2=O)CC1. The molecule has 29 heavy (non-hydrogen) atoms. The van der Waals surface area contributed by atoms with Crippen LogP contribution in [-0.4, -0.2) is 34.0 Å². The maximum atomic E-state index is 12.9. The number of fused-ring (bicyclic) bond motifs is 1. The third-order valence-electron chi connectivity index (χ3n) is 6.37. The molecule has 1 unspecified atom stereocenters. The van der Waals surface area contributed by atoms with Crippen LogP contribution in [0.15, 0.2) is 23.0 Å². The lowest BCUT2D eigenvalue weighted by molar-refractivity contribution is -0.146. The predicted octanol–water partition coefficient (Wildman–Crippen LogP) is 1.76. The van der Waals surface area contributed by atoms with Crippen LogP contribution >= 0.6 is 0 Å². The summed E-state index contributed by atoms with van der Waals surface area (Å²) in [6.45, 7) is 0. The minimum Gasteiger partial charge on any atom is -0.469 e. The standard InChI is InChI=1S/C21H25N3O5/c1-23-17-11-14(12-3-5-13(6-4-12)20(27)29-2)7-8-15(17)24(21(23)28)16-9-10-18(25)22-19(16)26/h7-8,11-13,16H,3-6,9-10H2,1-2H3,(H,22,25,26). The lowest BCUT2D eigenvalue weighted by Gasteiger charge is -2.27. The highest BCUT2D eigenvalue weighted by atomic mass is 16.5. The van der Waals surface area contributed by atoms with Crippen molar-refractivity contribution < 1.29 is 19.1 Å². The number of nitrogens with one attached hydrogen (secondary N) is 1. The van der Waals surface area contributed by atoms with E-state index in [1.807, 2.05) is 18.2 Å².